The molecule has 6 heteroatoms. The van der Waals surface area contributed by atoms with Crippen molar-refractivity contribution in [3.63, 3.8) is 0 Å². The number of amides is 1. The molecule has 0 aromatic heterocycles. The summed E-state index contributed by atoms with van der Waals surface area (Å²) in [6.45, 7) is 1.43. The summed E-state index contributed by atoms with van der Waals surface area (Å²) in [4.78, 5) is 21.4. The molecule has 0 saturated carbocycles. The lowest BCUT2D eigenvalue weighted by molar-refractivity contribution is -0.143. The third kappa shape index (κ3) is 4.89. The van der Waals surface area contributed by atoms with E-state index in [0.29, 0.717) is 4.90 Å². The molecular formula is C7H9F2NO3. The van der Waals surface area contributed by atoms with Crippen LogP contribution < -0.4 is 0 Å². The summed E-state index contributed by atoms with van der Waals surface area (Å²) < 4.78 is 23.6. The minimum absolute atomic E-state index is 0.514. The van der Waals surface area contributed by atoms with Gasteiger partial charge in [0.1, 0.15) is 6.54 Å². The van der Waals surface area contributed by atoms with Crippen LogP contribution in [0.4, 0.5) is 8.78 Å². The average Bonchev–Trinajstić information content (AvgIpc) is 2.00. The molecule has 0 aliphatic rings. The van der Waals surface area contributed by atoms with Crippen molar-refractivity contribution in [3.8, 4) is 0 Å². The lowest BCUT2D eigenvalue weighted by atomic mass is 10.4. The van der Waals surface area contributed by atoms with Gasteiger partial charge in [-0.3, -0.25) is 9.59 Å². The van der Waals surface area contributed by atoms with Gasteiger partial charge in [-0.2, -0.15) is 0 Å². The Hall–Kier alpha value is -1.46. The summed E-state index contributed by atoms with van der Waals surface area (Å²) in [5.41, 5.74) is 0. The number of hydrogen-bond acceptors (Lipinski definition) is 2. The van der Waals surface area contributed by atoms with Crippen molar-refractivity contribution < 1.29 is 23.5 Å². The van der Waals surface area contributed by atoms with E-state index in [4.69, 9.17) is 5.11 Å². The number of carbonyl (C=O) groups excluding carboxylic acids is 1. The number of carbonyl (C=O) groups is 2. The molecule has 0 unspecified atom stereocenters. The number of carboxylic acids is 1. The van der Waals surface area contributed by atoms with Gasteiger partial charge in [0, 0.05) is 0 Å². The zero-order chi connectivity index (χ0) is 10.4. The summed E-state index contributed by atoms with van der Waals surface area (Å²) in [5.74, 6) is -2.15. The molecule has 0 fully saturated rings. The molecule has 0 aliphatic carbocycles. The van der Waals surface area contributed by atoms with E-state index in [0.717, 1.165) is 6.08 Å². The second-order valence-corrected chi connectivity index (χ2v) is 2.21. The lowest BCUT2D eigenvalue weighted by Gasteiger charge is -2.17. The number of alkyl halides is 2. The summed E-state index contributed by atoms with van der Waals surface area (Å²) in [6, 6.07) is 0. The fourth-order valence-electron chi connectivity index (χ4n) is 0.691. The molecule has 0 saturated heterocycles. The van der Waals surface area contributed by atoms with E-state index >= 15 is 0 Å². The van der Waals surface area contributed by atoms with Gasteiger partial charge >= 0.3 is 5.97 Å². The third-order valence-corrected chi connectivity index (χ3v) is 1.17. The van der Waals surface area contributed by atoms with Crippen molar-refractivity contribution in [2.75, 3.05) is 13.1 Å². The van der Waals surface area contributed by atoms with Crippen molar-refractivity contribution in [2.45, 2.75) is 6.43 Å². The van der Waals surface area contributed by atoms with Crippen LogP contribution in [0.25, 0.3) is 0 Å². The molecule has 0 spiro atoms. The molecule has 74 valence electrons. The maximum Gasteiger partial charge on any atom is 0.323 e. The molecule has 1 amide bonds. The maximum atomic E-state index is 11.8. The van der Waals surface area contributed by atoms with Gasteiger partial charge in [-0.1, -0.05) is 6.58 Å². The van der Waals surface area contributed by atoms with Crippen LogP contribution in [0.5, 0.6) is 0 Å². The fourth-order valence-corrected chi connectivity index (χ4v) is 0.691. The van der Waals surface area contributed by atoms with Crippen LogP contribution in [0.2, 0.25) is 0 Å². The van der Waals surface area contributed by atoms with Crippen molar-refractivity contribution in [3.05, 3.63) is 12.7 Å². The van der Waals surface area contributed by atoms with Crippen LogP contribution in [0.3, 0.4) is 0 Å². The van der Waals surface area contributed by atoms with Crippen LogP contribution in [0, 0.1) is 0 Å². The van der Waals surface area contributed by atoms with Crippen LogP contribution in [0.1, 0.15) is 0 Å². The van der Waals surface area contributed by atoms with Gasteiger partial charge in [0.2, 0.25) is 5.91 Å². The second kappa shape index (κ2) is 5.23. The Bertz CT molecular complexity index is 218. The van der Waals surface area contributed by atoms with E-state index in [1.807, 2.05) is 0 Å². The molecule has 0 atom stereocenters. The highest BCUT2D eigenvalue weighted by molar-refractivity contribution is 5.89. The molecule has 0 rings (SSSR count). The summed E-state index contributed by atoms with van der Waals surface area (Å²) in [7, 11) is 0. The molecule has 13 heavy (non-hydrogen) atoms. The topological polar surface area (TPSA) is 57.6 Å². The number of halogens is 2. The summed E-state index contributed by atoms with van der Waals surface area (Å²) in [5, 5.41) is 8.27. The highest BCUT2D eigenvalue weighted by Gasteiger charge is 2.18. The molecule has 1 N–H and O–H groups in total. The third-order valence-electron chi connectivity index (χ3n) is 1.17. The molecule has 0 aromatic carbocycles. The fraction of sp³-hybridized carbons (Fsp3) is 0.429. The molecule has 4 nitrogen and oxygen atoms in total. The molecular weight excluding hydrogens is 184 g/mol. The van der Waals surface area contributed by atoms with Crippen LogP contribution >= 0.6 is 0 Å². The van der Waals surface area contributed by atoms with Gasteiger partial charge in [-0.05, 0) is 6.08 Å². The quantitative estimate of drug-likeness (QED) is 0.641. The Balaban J connectivity index is 4.26. The normalized spacial score (nSPS) is 9.77. The first-order valence-electron chi connectivity index (χ1n) is 3.38. The standard InChI is InChI=1S/C7H9F2NO3/c1-2-6(11)10(3-5(8)9)4-7(12)13/h2,5H,1,3-4H2,(H,12,13). The van der Waals surface area contributed by atoms with E-state index in [1.165, 1.54) is 0 Å². The van der Waals surface area contributed by atoms with E-state index < -0.39 is 31.4 Å². The van der Waals surface area contributed by atoms with Gasteiger partial charge in [0.25, 0.3) is 6.43 Å². The number of hydrogen-bond donors (Lipinski definition) is 1. The zero-order valence-electron chi connectivity index (χ0n) is 6.74. The Morgan fingerprint density at radius 2 is 2.08 bits per heavy atom. The average molecular weight is 193 g/mol. The number of rotatable bonds is 5. The first kappa shape index (κ1) is 11.5. The predicted octanol–water partition coefficient (Wildman–Crippen LogP) is 0.351. The van der Waals surface area contributed by atoms with Crippen molar-refractivity contribution in [1.82, 2.24) is 4.90 Å². The highest BCUT2D eigenvalue weighted by atomic mass is 19.3. The Labute approximate surface area is 73.4 Å². The van der Waals surface area contributed by atoms with E-state index in [9.17, 15) is 18.4 Å². The monoisotopic (exact) mass is 193 g/mol. The van der Waals surface area contributed by atoms with Crippen molar-refractivity contribution in [1.29, 1.82) is 0 Å². The minimum atomic E-state index is -2.75. The first-order valence-corrected chi connectivity index (χ1v) is 3.38. The van der Waals surface area contributed by atoms with Gasteiger partial charge in [0.05, 0.1) is 6.54 Å². The molecule has 0 radical (unpaired) electrons. The Morgan fingerprint density at radius 1 is 1.54 bits per heavy atom. The predicted molar refractivity (Wildman–Crippen MR) is 40.4 cm³/mol. The van der Waals surface area contributed by atoms with E-state index in [1.54, 1.807) is 0 Å². The number of aliphatic carboxylic acids is 1. The van der Waals surface area contributed by atoms with Crippen molar-refractivity contribution in [2.24, 2.45) is 0 Å². The van der Waals surface area contributed by atoms with E-state index in [2.05, 4.69) is 6.58 Å². The van der Waals surface area contributed by atoms with Gasteiger partial charge in [0.15, 0.2) is 0 Å². The van der Waals surface area contributed by atoms with Gasteiger partial charge < -0.3 is 10.0 Å². The Kier molecular flexibility index (Phi) is 4.64. The van der Waals surface area contributed by atoms with E-state index in [-0.39, 0.29) is 0 Å². The summed E-state index contributed by atoms with van der Waals surface area (Å²) >= 11 is 0. The Morgan fingerprint density at radius 3 is 2.38 bits per heavy atom. The highest BCUT2D eigenvalue weighted by Crippen LogP contribution is 1.99. The second-order valence-electron chi connectivity index (χ2n) is 2.21. The zero-order valence-corrected chi connectivity index (χ0v) is 6.74. The molecule has 0 aliphatic heterocycles. The largest absolute Gasteiger partial charge is 0.480 e. The van der Waals surface area contributed by atoms with Crippen molar-refractivity contribution >= 4 is 11.9 Å². The van der Waals surface area contributed by atoms with Gasteiger partial charge in [-0.25, -0.2) is 8.78 Å². The maximum absolute atomic E-state index is 11.8. The van der Waals surface area contributed by atoms with Crippen LogP contribution in [0.15, 0.2) is 12.7 Å². The van der Waals surface area contributed by atoms with Crippen LogP contribution in [-0.4, -0.2) is 41.4 Å². The molecule has 0 aromatic rings. The van der Waals surface area contributed by atoms with Crippen LogP contribution in [-0.2, 0) is 9.59 Å². The molecule has 0 heterocycles. The number of carboxylic acid groups (broad SMARTS) is 1. The smallest absolute Gasteiger partial charge is 0.323 e. The number of nitrogens with zero attached hydrogens (tertiary/aromatic N) is 1. The van der Waals surface area contributed by atoms with Gasteiger partial charge in [-0.15, -0.1) is 0 Å². The molecule has 0 bridgehead atoms. The first-order chi connectivity index (χ1) is 5.97. The SMILES string of the molecule is C=CC(=O)N(CC(=O)O)CC(F)F. The lowest BCUT2D eigenvalue weighted by Crippen LogP contribution is -2.37. The summed E-state index contributed by atoms with van der Waals surface area (Å²) in [6.07, 6.45) is -1.95. The minimum Gasteiger partial charge on any atom is -0.480 e.